The summed E-state index contributed by atoms with van der Waals surface area (Å²) in [5.41, 5.74) is 6.97. The van der Waals surface area contributed by atoms with Crippen molar-refractivity contribution in [2.45, 2.75) is 26.7 Å². The molecule has 1 fully saturated rings. The summed E-state index contributed by atoms with van der Waals surface area (Å²) in [7, 11) is 5.12. The van der Waals surface area contributed by atoms with Crippen molar-refractivity contribution < 1.29 is 10.6 Å². The maximum Gasteiger partial charge on any atom is 0.167 e. The molecule has 1 saturated heterocycles. The van der Waals surface area contributed by atoms with Crippen LogP contribution < -0.4 is 20.7 Å². The van der Waals surface area contributed by atoms with Crippen LogP contribution in [0.15, 0.2) is 24.5 Å². The lowest BCUT2D eigenvalue weighted by Crippen LogP contribution is -2.20. The van der Waals surface area contributed by atoms with Gasteiger partial charge in [-0.25, -0.2) is 14.4 Å². The van der Waals surface area contributed by atoms with Crippen molar-refractivity contribution in [3.63, 3.8) is 0 Å². The van der Waals surface area contributed by atoms with E-state index in [4.69, 9.17) is 15.9 Å². The van der Waals surface area contributed by atoms with Gasteiger partial charge in [-0.15, -0.1) is 0 Å². The Kier molecular flexibility index (Phi) is 9.87. The van der Waals surface area contributed by atoms with Gasteiger partial charge in [0.25, 0.3) is 0 Å². The van der Waals surface area contributed by atoms with Crippen LogP contribution in [0, 0.1) is 11.2 Å². The molecular formula is C20H33FN6O. The van der Waals surface area contributed by atoms with E-state index in [1.54, 1.807) is 6.07 Å². The largest absolute Gasteiger partial charge is 0.494 e. The fraction of sp³-hybridized carbons (Fsp3) is 0.450. The van der Waals surface area contributed by atoms with Gasteiger partial charge in [0, 0.05) is 37.9 Å². The van der Waals surface area contributed by atoms with E-state index in [0.717, 1.165) is 37.8 Å². The first-order chi connectivity index (χ1) is 13.5. The van der Waals surface area contributed by atoms with E-state index in [0.29, 0.717) is 11.3 Å². The Hall–Kier alpha value is -2.74. The van der Waals surface area contributed by atoms with Gasteiger partial charge in [-0.3, -0.25) is 5.41 Å². The highest BCUT2D eigenvalue weighted by Gasteiger charge is 2.18. The number of nitrogens with two attached hydrogens (primary N) is 1. The normalized spacial score (nSPS) is 12.4. The van der Waals surface area contributed by atoms with Gasteiger partial charge in [0.05, 0.1) is 18.5 Å². The molecule has 0 unspecified atom stereocenters. The number of anilines is 2. The summed E-state index contributed by atoms with van der Waals surface area (Å²) >= 11 is 0. The van der Waals surface area contributed by atoms with Gasteiger partial charge < -0.3 is 20.7 Å². The highest BCUT2D eigenvalue weighted by Crippen LogP contribution is 2.26. The third kappa shape index (κ3) is 5.88. The van der Waals surface area contributed by atoms with Gasteiger partial charge in [0.1, 0.15) is 12.1 Å². The summed E-state index contributed by atoms with van der Waals surface area (Å²) in [6.45, 7) is 5.91. The number of nitrogens with zero attached hydrogens (tertiary/aromatic N) is 3. The molecule has 0 spiro atoms. The van der Waals surface area contributed by atoms with Crippen molar-refractivity contribution in [3.05, 3.63) is 41.6 Å². The van der Waals surface area contributed by atoms with E-state index in [1.165, 1.54) is 19.5 Å². The van der Waals surface area contributed by atoms with Gasteiger partial charge in [-0.05, 0) is 33.0 Å². The highest BCUT2D eigenvalue weighted by atomic mass is 19.1. The molecule has 1 aromatic heterocycles. The van der Waals surface area contributed by atoms with Gasteiger partial charge >= 0.3 is 0 Å². The smallest absolute Gasteiger partial charge is 0.167 e. The molecule has 0 saturated carbocycles. The number of ether oxygens (including phenoxy) is 1. The summed E-state index contributed by atoms with van der Waals surface area (Å²) < 4.78 is 18.6. The van der Waals surface area contributed by atoms with Crippen LogP contribution in [0.3, 0.4) is 0 Å². The zero-order chi connectivity index (χ0) is 21.1. The minimum absolute atomic E-state index is 0. The van der Waals surface area contributed by atoms with Crippen molar-refractivity contribution in [1.82, 2.24) is 15.3 Å². The maximum absolute atomic E-state index is 13.7. The monoisotopic (exact) mass is 392 g/mol. The van der Waals surface area contributed by atoms with Crippen LogP contribution in [0.2, 0.25) is 0 Å². The number of nitrogens with one attached hydrogen (secondary N) is 2. The van der Waals surface area contributed by atoms with Crippen LogP contribution in [-0.4, -0.2) is 50.0 Å². The standard InChI is InChI=1S/C16H18FN5O.C2H7N.C2H6.H2/c1-23-14-6-10(12(18)7-11(14)17)16(19)13-8-15(21-9-20-13)22-4-2-3-5-22;1-3-2;1-2;/h6-9,19H,2-5,18H2,1H3;3H,1-2H3;1-2H3;1H. The molecule has 3 rings (SSSR count). The fourth-order valence-electron chi connectivity index (χ4n) is 2.68. The van der Waals surface area contributed by atoms with Crippen molar-refractivity contribution in [2.75, 3.05) is 44.9 Å². The molecule has 0 radical (unpaired) electrons. The number of benzene rings is 1. The van der Waals surface area contributed by atoms with E-state index in [1.807, 2.05) is 27.9 Å². The molecule has 7 nitrogen and oxygen atoms in total. The molecule has 2 heterocycles. The predicted molar refractivity (Wildman–Crippen MR) is 115 cm³/mol. The molecule has 0 bridgehead atoms. The number of hydrogen-bond donors (Lipinski definition) is 3. The van der Waals surface area contributed by atoms with E-state index >= 15 is 0 Å². The molecule has 1 aliphatic heterocycles. The van der Waals surface area contributed by atoms with Gasteiger partial charge in [0.15, 0.2) is 11.6 Å². The molecule has 1 aliphatic rings. The average molecular weight is 393 g/mol. The molecule has 0 amide bonds. The lowest BCUT2D eigenvalue weighted by Gasteiger charge is -2.17. The second-order valence-electron chi connectivity index (χ2n) is 5.90. The number of rotatable bonds is 4. The van der Waals surface area contributed by atoms with E-state index in [-0.39, 0.29) is 18.6 Å². The fourth-order valence-corrected chi connectivity index (χ4v) is 2.68. The molecule has 0 aliphatic carbocycles. The lowest BCUT2D eigenvalue weighted by atomic mass is 10.0. The number of methoxy groups -OCH3 is 1. The third-order valence-corrected chi connectivity index (χ3v) is 3.93. The van der Waals surface area contributed by atoms with Gasteiger partial charge in [-0.2, -0.15) is 0 Å². The number of hydrogen-bond acceptors (Lipinski definition) is 7. The predicted octanol–water partition coefficient (Wildman–Crippen LogP) is 3.33. The molecule has 1 aromatic carbocycles. The number of aromatic nitrogens is 2. The second kappa shape index (κ2) is 11.9. The van der Waals surface area contributed by atoms with Crippen molar-refractivity contribution in [1.29, 1.82) is 5.41 Å². The first-order valence-corrected chi connectivity index (χ1v) is 9.39. The Balaban J connectivity index is 0.00000120. The van der Waals surface area contributed by atoms with E-state index in [2.05, 4.69) is 20.2 Å². The van der Waals surface area contributed by atoms with Crippen molar-refractivity contribution in [2.24, 2.45) is 0 Å². The Labute approximate surface area is 168 Å². The SMILES string of the molecule is CC.CNC.COc1cc(C(=N)c2cc(N3CCCC3)ncn2)c(N)cc1F.[HH]. The van der Waals surface area contributed by atoms with E-state index < -0.39 is 5.82 Å². The van der Waals surface area contributed by atoms with Crippen LogP contribution in [0.4, 0.5) is 15.9 Å². The summed E-state index contributed by atoms with van der Waals surface area (Å²) in [5.74, 6) is 0.291. The van der Waals surface area contributed by atoms with Crippen molar-refractivity contribution >= 4 is 17.2 Å². The molecule has 28 heavy (non-hydrogen) atoms. The average Bonchev–Trinajstić information content (AvgIpc) is 3.25. The van der Waals surface area contributed by atoms with Crippen LogP contribution in [0.1, 0.15) is 39.4 Å². The lowest BCUT2D eigenvalue weighted by molar-refractivity contribution is 0.386. The van der Waals surface area contributed by atoms with Gasteiger partial charge in [0.2, 0.25) is 0 Å². The van der Waals surface area contributed by atoms with Crippen molar-refractivity contribution in [3.8, 4) is 5.75 Å². The molecule has 4 N–H and O–H groups in total. The summed E-state index contributed by atoms with van der Waals surface area (Å²) in [4.78, 5) is 10.6. The summed E-state index contributed by atoms with van der Waals surface area (Å²) in [6.07, 6.45) is 3.71. The first-order valence-electron chi connectivity index (χ1n) is 9.39. The Morgan fingerprint density at radius 2 is 1.82 bits per heavy atom. The first kappa shape index (κ1) is 23.3. The minimum atomic E-state index is -0.554. The topological polar surface area (TPSA) is 100 Å². The van der Waals surface area contributed by atoms with E-state index in [9.17, 15) is 4.39 Å². The maximum atomic E-state index is 13.7. The summed E-state index contributed by atoms with van der Waals surface area (Å²) in [6, 6.07) is 4.35. The Bertz CT molecular complexity index is 769. The minimum Gasteiger partial charge on any atom is -0.494 e. The van der Waals surface area contributed by atoms with Crippen LogP contribution in [0.5, 0.6) is 5.75 Å². The second-order valence-corrected chi connectivity index (χ2v) is 5.90. The van der Waals surface area contributed by atoms with Gasteiger partial charge in [-0.1, -0.05) is 13.8 Å². The quantitative estimate of drug-likeness (QED) is 0.545. The zero-order valence-electron chi connectivity index (χ0n) is 17.3. The molecule has 2 aromatic rings. The number of halogens is 1. The molecule has 0 atom stereocenters. The number of nitrogen functional groups attached to an aromatic ring is 1. The Morgan fingerprint density at radius 1 is 1.21 bits per heavy atom. The highest BCUT2D eigenvalue weighted by molar-refractivity contribution is 6.13. The third-order valence-electron chi connectivity index (χ3n) is 3.93. The molecule has 156 valence electrons. The molecule has 8 heteroatoms. The van der Waals surface area contributed by atoms with Crippen LogP contribution >= 0.6 is 0 Å². The zero-order valence-corrected chi connectivity index (χ0v) is 17.3. The summed E-state index contributed by atoms with van der Waals surface area (Å²) in [5, 5.41) is 11.1. The molecular weight excluding hydrogens is 359 g/mol. The van der Waals surface area contributed by atoms with Crippen LogP contribution in [-0.2, 0) is 0 Å². The Morgan fingerprint density at radius 3 is 2.39 bits per heavy atom. The van der Waals surface area contributed by atoms with Crippen LogP contribution in [0.25, 0.3) is 0 Å².